The summed E-state index contributed by atoms with van der Waals surface area (Å²) < 4.78 is 59.0. The summed E-state index contributed by atoms with van der Waals surface area (Å²) in [4.78, 5) is 0. The average Bonchev–Trinajstić information content (AvgIpc) is 2.81. The Morgan fingerprint density at radius 2 is 0.714 bits per heavy atom. The maximum absolute atomic E-state index is 11.0. The highest BCUT2D eigenvalue weighted by molar-refractivity contribution is 7.86. The van der Waals surface area contributed by atoms with E-state index >= 15 is 0 Å². The first-order chi connectivity index (χ1) is 16.6. The minimum atomic E-state index is -3.57. The van der Waals surface area contributed by atoms with Gasteiger partial charge >= 0.3 is 20.2 Å². The zero-order chi connectivity index (χ0) is 25.3. The molecule has 35 heavy (non-hydrogen) atoms. The van der Waals surface area contributed by atoms with Crippen molar-refractivity contribution < 1.29 is 29.9 Å². The van der Waals surface area contributed by atoms with Gasteiger partial charge in [-0.3, -0.25) is 0 Å². The van der Waals surface area contributed by atoms with E-state index < -0.39 is 20.2 Å². The Morgan fingerprint density at radius 3 is 1.00 bits per heavy atom. The first-order valence-electron chi connectivity index (χ1n) is 10.3. The molecule has 4 rings (SSSR count). The molecule has 0 saturated heterocycles. The molecule has 0 aliphatic carbocycles. The van der Waals surface area contributed by atoms with Crippen molar-refractivity contribution in [2.75, 3.05) is 12.5 Å². The summed E-state index contributed by atoms with van der Waals surface area (Å²) in [6.45, 7) is 0. The first-order valence-corrected chi connectivity index (χ1v) is 14.0. The molecule has 4 aromatic rings. The average molecular weight is 513 g/mol. The molecule has 0 aliphatic heterocycles. The molecule has 0 amide bonds. The highest BCUT2D eigenvalue weighted by Gasteiger charge is 2.06. The number of ether oxygens (including phenoxy) is 1. The summed E-state index contributed by atoms with van der Waals surface area (Å²) in [7, 11) is -7.15. The fourth-order valence-electron chi connectivity index (χ4n) is 2.87. The van der Waals surface area contributed by atoms with Crippen molar-refractivity contribution >= 4 is 20.2 Å². The van der Waals surface area contributed by atoms with E-state index in [0.29, 0.717) is 11.5 Å². The van der Waals surface area contributed by atoms with E-state index in [1.165, 1.54) is 35.4 Å². The van der Waals surface area contributed by atoms with Gasteiger partial charge in [0.05, 0.1) is 12.5 Å². The highest BCUT2D eigenvalue weighted by atomic mass is 32.2. The Labute approximate surface area is 205 Å². The fourth-order valence-corrected chi connectivity index (χ4v) is 3.79. The Morgan fingerprint density at radius 1 is 0.429 bits per heavy atom. The van der Waals surface area contributed by atoms with Crippen LogP contribution >= 0.6 is 0 Å². The standard InChI is InChI=1S/C14H14O7S2.C12H10/c1-22(15,16)20-13-7-3-11(4-8-13)19-12-5-9-14(10-6-12)21-23(2,17)18;1-3-7-11(8-4-1)12-9-5-2-6-10-12/h3-10H,1-2H3;1-10H. The predicted octanol–water partition coefficient (Wildman–Crippen LogP) is 5.51. The number of hydrogen-bond donors (Lipinski definition) is 0. The van der Waals surface area contributed by atoms with Crippen molar-refractivity contribution in [1.29, 1.82) is 0 Å². The SMILES string of the molecule is CS(=O)(=O)Oc1ccc(Oc2ccc(OS(C)(=O)=O)cc2)cc1.c1ccc(-c2ccccc2)cc1. The molecule has 0 bridgehead atoms. The maximum atomic E-state index is 11.0. The van der Waals surface area contributed by atoms with Gasteiger partial charge < -0.3 is 13.1 Å². The highest BCUT2D eigenvalue weighted by Crippen LogP contribution is 2.26. The summed E-state index contributed by atoms with van der Waals surface area (Å²) in [5, 5.41) is 0. The Balaban J connectivity index is 0.000000237. The number of rotatable bonds is 7. The predicted molar refractivity (Wildman–Crippen MR) is 136 cm³/mol. The largest absolute Gasteiger partial charge is 0.457 e. The van der Waals surface area contributed by atoms with E-state index in [0.717, 1.165) is 12.5 Å². The van der Waals surface area contributed by atoms with Crippen LogP contribution in [0.15, 0.2) is 109 Å². The van der Waals surface area contributed by atoms with Crippen LogP contribution in [-0.2, 0) is 20.2 Å². The molecule has 0 aliphatic rings. The van der Waals surface area contributed by atoms with Crippen LogP contribution in [0.25, 0.3) is 11.1 Å². The Kier molecular flexibility index (Phi) is 8.51. The summed E-state index contributed by atoms with van der Waals surface area (Å²) in [6.07, 6.45) is 1.91. The van der Waals surface area contributed by atoms with Crippen molar-refractivity contribution in [2.45, 2.75) is 0 Å². The minimum absolute atomic E-state index is 0.178. The zero-order valence-corrected chi connectivity index (χ0v) is 20.7. The van der Waals surface area contributed by atoms with E-state index in [-0.39, 0.29) is 11.5 Å². The smallest absolute Gasteiger partial charge is 0.306 e. The Bertz CT molecular complexity index is 1300. The molecule has 0 spiro atoms. The van der Waals surface area contributed by atoms with Gasteiger partial charge in [0.2, 0.25) is 0 Å². The summed E-state index contributed by atoms with van der Waals surface area (Å²) in [6, 6.07) is 32.8. The quantitative estimate of drug-likeness (QED) is 0.301. The van der Waals surface area contributed by atoms with Crippen LogP contribution in [0.5, 0.6) is 23.0 Å². The van der Waals surface area contributed by atoms with Crippen molar-refractivity contribution in [3.8, 4) is 34.1 Å². The monoisotopic (exact) mass is 512 g/mol. The van der Waals surface area contributed by atoms with Crippen molar-refractivity contribution in [3.63, 3.8) is 0 Å². The molecule has 0 atom stereocenters. The van der Waals surface area contributed by atoms with E-state index in [4.69, 9.17) is 13.1 Å². The van der Waals surface area contributed by atoms with Crippen LogP contribution in [-0.4, -0.2) is 29.3 Å². The Hall–Kier alpha value is -3.82. The van der Waals surface area contributed by atoms with Gasteiger partial charge in [0, 0.05) is 0 Å². The fraction of sp³-hybridized carbons (Fsp3) is 0.0769. The van der Waals surface area contributed by atoms with Gasteiger partial charge in [-0.1, -0.05) is 60.7 Å². The summed E-state index contributed by atoms with van der Waals surface area (Å²) in [5.41, 5.74) is 2.55. The van der Waals surface area contributed by atoms with Crippen molar-refractivity contribution in [2.24, 2.45) is 0 Å². The minimum Gasteiger partial charge on any atom is -0.457 e. The lowest BCUT2D eigenvalue weighted by Gasteiger charge is -2.08. The van der Waals surface area contributed by atoms with Crippen LogP contribution in [0.3, 0.4) is 0 Å². The van der Waals surface area contributed by atoms with E-state index in [1.807, 2.05) is 12.1 Å². The van der Waals surface area contributed by atoms with E-state index in [9.17, 15) is 16.8 Å². The second kappa shape index (κ2) is 11.5. The molecule has 4 aromatic carbocycles. The molecular weight excluding hydrogens is 488 g/mol. The van der Waals surface area contributed by atoms with Gasteiger partial charge in [0.15, 0.2) is 0 Å². The second-order valence-corrected chi connectivity index (χ2v) is 10.5. The van der Waals surface area contributed by atoms with Gasteiger partial charge in [0.1, 0.15) is 23.0 Å². The molecule has 7 nitrogen and oxygen atoms in total. The lowest BCUT2D eigenvalue weighted by atomic mass is 10.1. The number of benzene rings is 4. The lowest BCUT2D eigenvalue weighted by Crippen LogP contribution is -2.05. The molecule has 0 radical (unpaired) electrons. The normalized spacial score (nSPS) is 11.0. The molecule has 182 valence electrons. The van der Waals surface area contributed by atoms with Crippen LogP contribution in [0, 0.1) is 0 Å². The van der Waals surface area contributed by atoms with Gasteiger partial charge in [0.25, 0.3) is 0 Å². The molecule has 0 saturated carbocycles. The number of hydrogen-bond acceptors (Lipinski definition) is 7. The first kappa shape index (κ1) is 25.8. The molecule has 0 fully saturated rings. The molecule has 0 N–H and O–H groups in total. The van der Waals surface area contributed by atoms with Crippen LogP contribution in [0.2, 0.25) is 0 Å². The van der Waals surface area contributed by atoms with Crippen LogP contribution < -0.4 is 13.1 Å². The molecule has 9 heteroatoms. The summed E-state index contributed by atoms with van der Waals surface area (Å²) in [5.74, 6) is 1.28. The topological polar surface area (TPSA) is 96.0 Å². The van der Waals surface area contributed by atoms with Gasteiger partial charge in [-0.2, -0.15) is 16.8 Å². The lowest BCUT2D eigenvalue weighted by molar-refractivity contribution is 0.473. The van der Waals surface area contributed by atoms with Crippen molar-refractivity contribution in [3.05, 3.63) is 109 Å². The maximum Gasteiger partial charge on any atom is 0.306 e. The van der Waals surface area contributed by atoms with Gasteiger partial charge in [-0.05, 0) is 59.7 Å². The third kappa shape index (κ3) is 9.52. The molecule has 0 aromatic heterocycles. The molecular formula is C26H24O7S2. The molecule has 0 unspecified atom stereocenters. The van der Waals surface area contributed by atoms with E-state index in [1.54, 1.807) is 24.3 Å². The third-order valence-corrected chi connectivity index (χ3v) is 5.25. The summed E-state index contributed by atoms with van der Waals surface area (Å²) >= 11 is 0. The third-order valence-electron chi connectivity index (χ3n) is 4.26. The van der Waals surface area contributed by atoms with Gasteiger partial charge in [-0.25, -0.2) is 0 Å². The van der Waals surface area contributed by atoms with Gasteiger partial charge in [-0.15, -0.1) is 0 Å². The zero-order valence-electron chi connectivity index (χ0n) is 19.1. The second-order valence-electron chi connectivity index (χ2n) is 7.35. The van der Waals surface area contributed by atoms with Crippen molar-refractivity contribution in [1.82, 2.24) is 0 Å². The van der Waals surface area contributed by atoms with Crippen LogP contribution in [0.4, 0.5) is 0 Å². The van der Waals surface area contributed by atoms with E-state index in [2.05, 4.69) is 48.5 Å². The van der Waals surface area contributed by atoms with Crippen LogP contribution in [0.1, 0.15) is 0 Å². The molecule has 0 heterocycles.